The maximum Gasteiger partial charge on any atom is 0.233 e. The van der Waals surface area contributed by atoms with Crippen LogP contribution in [0.1, 0.15) is 24.8 Å². The normalized spacial score (nSPS) is 24.1. The fourth-order valence-corrected chi connectivity index (χ4v) is 2.63. The van der Waals surface area contributed by atoms with Crippen LogP contribution in [0.3, 0.4) is 0 Å². The van der Waals surface area contributed by atoms with Gasteiger partial charge in [0.1, 0.15) is 18.3 Å². The molecule has 4 heteroatoms. The molecule has 1 fully saturated rings. The lowest BCUT2D eigenvalue weighted by Crippen LogP contribution is -2.64. The van der Waals surface area contributed by atoms with E-state index in [0.717, 1.165) is 11.3 Å². The van der Waals surface area contributed by atoms with Crippen LogP contribution in [0.2, 0.25) is 0 Å². The van der Waals surface area contributed by atoms with E-state index in [1.807, 2.05) is 31.2 Å². The molecule has 1 aromatic carbocycles. The Morgan fingerprint density at radius 1 is 1.50 bits per heavy atom. The van der Waals surface area contributed by atoms with Crippen molar-refractivity contribution in [3.8, 4) is 5.75 Å². The molecule has 1 atom stereocenters. The first-order valence-corrected chi connectivity index (χ1v) is 6.36. The molecule has 96 valence electrons. The van der Waals surface area contributed by atoms with E-state index >= 15 is 0 Å². The van der Waals surface area contributed by atoms with Crippen LogP contribution in [0, 0.1) is 0 Å². The van der Waals surface area contributed by atoms with Crippen LogP contribution in [0.4, 0.5) is 0 Å². The van der Waals surface area contributed by atoms with Gasteiger partial charge in [0.25, 0.3) is 0 Å². The Kier molecular flexibility index (Phi) is 2.55. The van der Waals surface area contributed by atoms with Crippen molar-refractivity contribution >= 4 is 5.91 Å². The first kappa shape index (κ1) is 11.5. The molecule has 1 aromatic rings. The number of fused-ring (bicyclic) bond motifs is 1. The molecule has 1 saturated heterocycles. The zero-order valence-electron chi connectivity index (χ0n) is 10.4. The van der Waals surface area contributed by atoms with Crippen LogP contribution in [0.15, 0.2) is 24.3 Å². The van der Waals surface area contributed by atoms with E-state index in [4.69, 9.17) is 4.74 Å². The zero-order chi connectivity index (χ0) is 12.8. The fourth-order valence-electron chi connectivity index (χ4n) is 2.63. The number of rotatable bonds is 2. The van der Waals surface area contributed by atoms with Gasteiger partial charge in [0.2, 0.25) is 5.91 Å². The molecule has 2 aliphatic rings. The summed E-state index contributed by atoms with van der Waals surface area (Å²) in [5, 5.41) is 9.95. The van der Waals surface area contributed by atoms with E-state index in [9.17, 15) is 9.90 Å². The van der Waals surface area contributed by atoms with E-state index in [-0.39, 0.29) is 11.8 Å². The Hall–Kier alpha value is -1.55. The van der Waals surface area contributed by atoms with Crippen molar-refractivity contribution in [2.24, 2.45) is 0 Å². The minimum absolute atomic E-state index is 0.0677. The minimum Gasteiger partial charge on any atom is -0.492 e. The van der Waals surface area contributed by atoms with Crippen molar-refractivity contribution in [1.82, 2.24) is 4.90 Å². The predicted molar refractivity (Wildman–Crippen MR) is 66.5 cm³/mol. The maximum absolute atomic E-state index is 12.3. The lowest BCUT2D eigenvalue weighted by molar-refractivity contribution is -0.157. The molecule has 0 bridgehead atoms. The van der Waals surface area contributed by atoms with Crippen molar-refractivity contribution in [1.29, 1.82) is 0 Å². The van der Waals surface area contributed by atoms with Crippen molar-refractivity contribution < 1.29 is 14.6 Å². The van der Waals surface area contributed by atoms with Gasteiger partial charge in [-0.15, -0.1) is 0 Å². The fraction of sp³-hybridized carbons (Fsp3) is 0.500. The Labute approximate surface area is 106 Å². The summed E-state index contributed by atoms with van der Waals surface area (Å²) in [5.41, 5.74) is 0.295. The number of β-amino-alcohol motifs (C(OH)–C–C–N with tert-alkyl or cyclic N) is 1. The van der Waals surface area contributed by atoms with Gasteiger partial charge in [-0.1, -0.05) is 25.1 Å². The molecule has 0 aliphatic carbocycles. The molecule has 0 saturated carbocycles. The van der Waals surface area contributed by atoms with Gasteiger partial charge in [0.05, 0.1) is 18.7 Å². The lowest BCUT2D eigenvalue weighted by Gasteiger charge is -2.46. The summed E-state index contributed by atoms with van der Waals surface area (Å²) in [7, 11) is 0. The number of ether oxygens (including phenoxy) is 1. The summed E-state index contributed by atoms with van der Waals surface area (Å²) in [6, 6.07) is 7.66. The van der Waals surface area contributed by atoms with Crippen LogP contribution in [-0.2, 0) is 4.79 Å². The second kappa shape index (κ2) is 3.99. The highest BCUT2D eigenvalue weighted by atomic mass is 16.5. The summed E-state index contributed by atoms with van der Waals surface area (Å²) in [4.78, 5) is 14.1. The highest BCUT2D eigenvalue weighted by Crippen LogP contribution is 2.36. The predicted octanol–water partition coefficient (Wildman–Crippen LogP) is 1.15. The number of aliphatic hydroxyl groups is 1. The highest BCUT2D eigenvalue weighted by Gasteiger charge is 2.45. The second-order valence-electron chi connectivity index (χ2n) is 5.17. The first-order valence-electron chi connectivity index (χ1n) is 6.36. The molecule has 1 unspecified atom stereocenters. The topological polar surface area (TPSA) is 49.8 Å². The number of carbonyl (C=O) groups is 1. The Balaban J connectivity index is 1.73. The van der Waals surface area contributed by atoms with Gasteiger partial charge in [-0.3, -0.25) is 4.79 Å². The van der Waals surface area contributed by atoms with Gasteiger partial charge in [-0.25, -0.2) is 0 Å². The molecule has 1 amide bonds. The van der Waals surface area contributed by atoms with Crippen LogP contribution in [0.5, 0.6) is 5.75 Å². The number of hydrogen-bond donors (Lipinski definition) is 1. The van der Waals surface area contributed by atoms with Crippen molar-refractivity contribution in [3.63, 3.8) is 0 Å². The monoisotopic (exact) mass is 247 g/mol. The number of para-hydroxylation sites is 1. The molecule has 2 heterocycles. The molecule has 18 heavy (non-hydrogen) atoms. The standard InChI is InChI=1S/C14H17NO3/c1-2-14(17)8-15(9-14)13(16)11-7-18-12-6-4-3-5-10(11)12/h3-6,11,17H,2,7-9H2,1H3. The van der Waals surface area contributed by atoms with E-state index in [2.05, 4.69) is 0 Å². The molecule has 3 rings (SSSR count). The Bertz CT molecular complexity index is 480. The number of benzene rings is 1. The molecule has 4 nitrogen and oxygen atoms in total. The zero-order valence-corrected chi connectivity index (χ0v) is 10.4. The van der Waals surface area contributed by atoms with Gasteiger partial charge < -0.3 is 14.7 Å². The van der Waals surface area contributed by atoms with Crippen LogP contribution in [0.25, 0.3) is 0 Å². The smallest absolute Gasteiger partial charge is 0.233 e. The Morgan fingerprint density at radius 2 is 2.22 bits per heavy atom. The van der Waals surface area contributed by atoms with E-state index in [1.54, 1.807) is 4.90 Å². The third-order valence-corrected chi connectivity index (χ3v) is 3.94. The van der Waals surface area contributed by atoms with E-state index < -0.39 is 5.60 Å². The average Bonchev–Trinajstić information content (AvgIpc) is 2.78. The summed E-state index contributed by atoms with van der Waals surface area (Å²) in [6.07, 6.45) is 0.689. The number of hydrogen-bond acceptors (Lipinski definition) is 3. The second-order valence-corrected chi connectivity index (χ2v) is 5.17. The van der Waals surface area contributed by atoms with Crippen molar-refractivity contribution in [3.05, 3.63) is 29.8 Å². The number of amides is 1. The first-order chi connectivity index (χ1) is 8.63. The third kappa shape index (κ3) is 1.68. The SMILES string of the molecule is CCC1(O)CN(C(=O)C2COc3ccccc32)C1. The average molecular weight is 247 g/mol. The maximum atomic E-state index is 12.3. The van der Waals surface area contributed by atoms with Gasteiger partial charge >= 0.3 is 0 Å². The molecule has 0 spiro atoms. The summed E-state index contributed by atoms with van der Waals surface area (Å²) in [5.74, 6) is 0.669. The summed E-state index contributed by atoms with van der Waals surface area (Å²) >= 11 is 0. The van der Waals surface area contributed by atoms with Crippen LogP contribution >= 0.6 is 0 Å². The number of nitrogens with zero attached hydrogens (tertiary/aromatic N) is 1. The molecule has 1 N–H and O–H groups in total. The molecule has 2 aliphatic heterocycles. The quantitative estimate of drug-likeness (QED) is 0.852. The number of carbonyl (C=O) groups excluding carboxylic acids is 1. The van der Waals surface area contributed by atoms with Crippen LogP contribution in [-0.4, -0.2) is 41.2 Å². The van der Waals surface area contributed by atoms with Gasteiger partial charge in [0.15, 0.2) is 0 Å². The van der Waals surface area contributed by atoms with Crippen molar-refractivity contribution in [2.75, 3.05) is 19.7 Å². The third-order valence-electron chi connectivity index (χ3n) is 3.94. The minimum atomic E-state index is -0.672. The van der Waals surface area contributed by atoms with E-state index in [0.29, 0.717) is 26.1 Å². The molecule has 0 aromatic heterocycles. The van der Waals surface area contributed by atoms with Crippen LogP contribution < -0.4 is 4.74 Å². The van der Waals surface area contributed by atoms with Gasteiger partial charge in [-0.05, 0) is 12.5 Å². The summed E-state index contributed by atoms with van der Waals surface area (Å²) in [6.45, 7) is 3.25. The summed E-state index contributed by atoms with van der Waals surface area (Å²) < 4.78 is 5.52. The number of likely N-dealkylation sites (tertiary alicyclic amines) is 1. The Morgan fingerprint density at radius 3 is 2.94 bits per heavy atom. The van der Waals surface area contributed by atoms with Gasteiger partial charge in [-0.2, -0.15) is 0 Å². The van der Waals surface area contributed by atoms with Crippen molar-refractivity contribution in [2.45, 2.75) is 24.9 Å². The van der Waals surface area contributed by atoms with E-state index in [1.165, 1.54) is 0 Å². The molecular weight excluding hydrogens is 230 g/mol. The largest absolute Gasteiger partial charge is 0.492 e. The van der Waals surface area contributed by atoms with Gasteiger partial charge in [0, 0.05) is 5.56 Å². The molecule has 0 radical (unpaired) electrons. The lowest BCUT2D eigenvalue weighted by atomic mass is 9.89. The highest BCUT2D eigenvalue weighted by molar-refractivity contribution is 5.86. The molecular formula is C14H17NO3.